The second-order valence-electron chi connectivity index (χ2n) is 8.60. The largest absolute Gasteiger partial charge is 0.452 e. The number of benzene rings is 2. The smallest absolute Gasteiger partial charge is 0.344 e. The SMILES string of the molecule is CCn1cc(C(=O)OCC(=O)Nc2ccc3c(c2)c2ccccc2n3CC)c(=O)c2ccc(C)nc21. The number of amides is 1. The van der Waals surface area contributed by atoms with Crippen molar-refractivity contribution >= 4 is 50.4 Å². The number of aryl methyl sites for hydroxylation is 3. The summed E-state index contributed by atoms with van der Waals surface area (Å²) >= 11 is 0. The molecule has 2 aromatic carbocycles. The summed E-state index contributed by atoms with van der Waals surface area (Å²) in [7, 11) is 0. The Kier molecular flexibility index (Phi) is 6.01. The first kappa shape index (κ1) is 23.3. The Balaban J connectivity index is 1.34. The maximum absolute atomic E-state index is 12.9. The average molecular weight is 483 g/mol. The lowest BCUT2D eigenvalue weighted by Gasteiger charge is -2.11. The first-order valence-electron chi connectivity index (χ1n) is 11.9. The van der Waals surface area contributed by atoms with Crippen LogP contribution in [0, 0.1) is 6.92 Å². The number of para-hydroxylation sites is 1. The molecule has 0 aliphatic rings. The minimum Gasteiger partial charge on any atom is -0.452 e. The molecule has 5 rings (SSSR count). The second kappa shape index (κ2) is 9.30. The molecule has 0 unspecified atom stereocenters. The average Bonchev–Trinajstić information content (AvgIpc) is 3.20. The van der Waals surface area contributed by atoms with Crippen LogP contribution >= 0.6 is 0 Å². The predicted octanol–water partition coefficient (Wildman–Crippen LogP) is 4.65. The minimum atomic E-state index is -0.846. The highest BCUT2D eigenvalue weighted by Crippen LogP contribution is 2.31. The van der Waals surface area contributed by atoms with Crippen LogP contribution in [-0.4, -0.2) is 32.6 Å². The van der Waals surface area contributed by atoms with Gasteiger partial charge in [-0.2, -0.15) is 0 Å². The summed E-state index contributed by atoms with van der Waals surface area (Å²) in [5.74, 6) is -1.34. The van der Waals surface area contributed by atoms with Crippen LogP contribution in [0.5, 0.6) is 0 Å². The number of ether oxygens (including phenoxy) is 1. The highest BCUT2D eigenvalue weighted by molar-refractivity contribution is 6.10. The van der Waals surface area contributed by atoms with Gasteiger partial charge < -0.3 is 19.2 Å². The Hall–Kier alpha value is -4.46. The van der Waals surface area contributed by atoms with Gasteiger partial charge >= 0.3 is 5.97 Å². The zero-order chi connectivity index (χ0) is 25.4. The van der Waals surface area contributed by atoms with Crippen molar-refractivity contribution in [2.75, 3.05) is 11.9 Å². The molecule has 3 heterocycles. The third-order valence-corrected chi connectivity index (χ3v) is 6.33. The van der Waals surface area contributed by atoms with Crippen LogP contribution in [-0.2, 0) is 22.6 Å². The number of nitrogens with one attached hydrogen (secondary N) is 1. The molecule has 8 heteroatoms. The lowest BCUT2D eigenvalue weighted by Crippen LogP contribution is -2.25. The van der Waals surface area contributed by atoms with Crippen LogP contribution in [0.2, 0.25) is 0 Å². The first-order valence-corrected chi connectivity index (χ1v) is 11.9. The lowest BCUT2D eigenvalue weighted by molar-refractivity contribution is -0.119. The maximum atomic E-state index is 12.9. The molecule has 1 amide bonds. The van der Waals surface area contributed by atoms with E-state index in [0.717, 1.165) is 34.0 Å². The Morgan fingerprint density at radius 3 is 2.50 bits per heavy atom. The second-order valence-corrected chi connectivity index (χ2v) is 8.60. The number of fused-ring (bicyclic) bond motifs is 4. The van der Waals surface area contributed by atoms with E-state index < -0.39 is 23.9 Å². The van der Waals surface area contributed by atoms with E-state index in [1.165, 1.54) is 6.20 Å². The fraction of sp³-hybridized carbons (Fsp3) is 0.214. The van der Waals surface area contributed by atoms with Crippen LogP contribution in [0.1, 0.15) is 29.9 Å². The van der Waals surface area contributed by atoms with Crippen molar-refractivity contribution in [1.82, 2.24) is 14.1 Å². The summed E-state index contributed by atoms with van der Waals surface area (Å²) in [6, 6.07) is 17.2. The quantitative estimate of drug-likeness (QED) is 0.356. The number of carbonyl (C=O) groups excluding carboxylic acids is 2. The van der Waals surface area contributed by atoms with Crippen molar-refractivity contribution in [2.24, 2.45) is 0 Å². The molecular weight excluding hydrogens is 456 g/mol. The zero-order valence-corrected chi connectivity index (χ0v) is 20.4. The van der Waals surface area contributed by atoms with Gasteiger partial charge in [0.15, 0.2) is 6.61 Å². The maximum Gasteiger partial charge on any atom is 0.344 e. The molecule has 1 N–H and O–H groups in total. The van der Waals surface area contributed by atoms with Gasteiger partial charge in [-0.05, 0) is 57.2 Å². The molecule has 0 atom stereocenters. The summed E-state index contributed by atoms with van der Waals surface area (Å²) in [4.78, 5) is 42.6. The van der Waals surface area contributed by atoms with Crippen molar-refractivity contribution in [2.45, 2.75) is 33.9 Å². The van der Waals surface area contributed by atoms with E-state index in [1.54, 1.807) is 16.7 Å². The minimum absolute atomic E-state index is 0.128. The molecule has 0 spiro atoms. The number of nitrogens with zero attached hydrogens (tertiary/aromatic N) is 3. The van der Waals surface area contributed by atoms with E-state index in [-0.39, 0.29) is 5.56 Å². The van der Waals surface area contributed by atoms with Crippen molar-refractivity contribution in [3.63, 3.8) is 0 Å². The van der Waals surface area contributed by atoms with Crippen LogP contribution in [0.4, 0.5) is 5.69 Å². The summed E-state index contributed by atoms with van der Waals surface area (Å²) < 4.78 is 9.15. The van der Waals surface area contributed by atoms with E-state index in [2.05, 4.69) is 33.9 Å². The highest BCUT2D eigenvalue weighted by atomic mass is 16.5. The number of hydrogen-bond donors (Lipinski definition) is 1. The van der Waals surface area contributed by atoms with E-state index in [1.807, 2.05) is 44.2 Å². The van der Waals surface area contributed by atoms with Crippen LogP contribution in [0.25, 0.3) is 32.8 Å². The molecule has 36 heavy (non-hydrogen) atoms. The van der Waals surface area contributed by atoms with Crippen molar-refractivity contribution in [3.05, 3.63) is 82.3 Å². The van der Waals surface area contributed by atoms with Crippen molar-refractivity contribution < 1.29 is 14.3 Å². The lowest BCUT2D eigenvalue weighted by atomic mass is 10.1. The third kappa shape index (κ3) is 4.00. The molecule has 0 radical (unpaired) electrons. The summed E-state index contributed by atoms with van der Waals surface area (Å²) in [6.45, 7) is 6.66. The van der Waals surface area contributed by atoms with Gasteiger partial charge in [0.1, 0.15) is 11.2 Å². The van der Waals surface area contributed by atoms with Gasteiger partial charge in [-0.3, -0.25) is 9.59 Å². The molecular formula is C28H26N4O4. The fourth-order valence-electron chi connectivity index (χ4n) is 4.62. The monoisotopic (exact) mass is 482 g/mol. The molecule has 0 aliphatic heterocycles. The molecule has 5 aromatic rings. The number of pyridine rings is 2. The van der Waals surface area contributed by atoms with Gasteiger partial charge in [-0.1, -0.05) is 18.2 Å². The van der Waals surface area contributed by atoms with Crippen LogP contribution < -0.4 is 10.7 Å². The van der Waals surface area contributed by atoms with Crippen LogP contribution in [0.15, 0.2) is 65.6 Å². The number of hydrogen-bond acceptors (Lipinski definition) is 5. The van der Waals surface area contributed by atoms with Crippen molar-refractivity contribution in [1.29, 1.82) is 0 Å². The molecule has 182 valence electrons. The van der Waals surface area contributed by atoms with E-state index in [9.17, 15) is 14.4 Å². The molecule has 3 aromatic heterocycles. The summed E-state index contributed by atoms with van der Waals surface area (Å²) in [5.41, 5.74) is 3.50. The van der Waals surface area contributed by atoms with Crippen LogP contribution in [0.3, 0.4) is 0 Å². The molecule has 0 saturated carbocycles. The molecule has 0 aliphatic carbocycles. The van der Waals surface area contributed by atoms with E-state index >= 15 is 0 Å². The number of esters is 1. The van der Waals surface area contributed by atoms with Gasteiger partial charge in [0, 0.05) is 52.5 Å². The van der Waals surface area contributed by atoms with E-state index in [4.69, 9.17) is 4.74 Å². The molecule has 8 nitrogen and oxygen atoms in total. The summed E-state index contributed by atoms with van der Waals surface area (Å²) in [6.07, 6.45) is 1.44. The number of rotatable bonds is 6. The highest BCUT2D eigenvalue weighted by Gasteiger charge is 2.19. The van der Waals surface area contributed by atoms with Gasteiger partial charge in [-0.15, -0.1) is 0 Å². The first-order chi connectivity index (χ1) is 17.4. The molecule has 0 fully saturated rings. The van der Waals surface area contributed by atoms with Gasteiger partial charge in [-0.25, -0.2) is 9.78 Å². The fourth-order valence-corrected chi connectivity index (χ4v) is 4.62. The van der Waals surface area contributed by atoms with Gasteiger partial charge in [0.25, 0.3) is 5.91 Å². The zero-order valence-electron chi connectivity index (χ0n) is 20.4. The van der Waals surface area contributed by atoms with Crippen molar-refractivity contribution in [3.8, 4) is 0 Å². The Morgan fingerprint density at radius 1 is 0.944 bits per heavy atom. The van der Waals surface area contributed by atoms with E-state index in [0.29, 0.717) is 23.3 Å². The standard InChI is InChI=1S/C28H26N4O4/c1-4-31-15-22(26(34)20-12-10-17(3)29-27(20)31)28(35)36-16-25(33)30-18-11-13-24-21(14-18)19-8-6-7-9-23(19)32(24)5-2/h6-15H,4-5,16H2,1-3H3,(H,30,33). The Labute approximate surface area is 207 Å². The van der Waals surface area contributed by atoms with Gasteiger partial charge in [0.05, 0.1) is 5.39 Å². The topological polar surface area (TPSA) is 95.2 Å². The summed E-state index contributed by atoms with van der Waals surface area (Å²) in [5, 5.41) is 5.25. The molecule has 0 bridgehead atoms. The number of carbonyl (C=O) groups is 2. The predicted molar refractivity (Wildman–Crippen MR) is 140 cm³/mol. The molecule has 0 saturated heterocycles. The third-order valence-electron chi connectivity index (χ3n) is 6.33. The normalized spacial score (nSPS) is 11.3. The Morgan fingerprint density at radius 2 is 1.72 bits per heavy atom. The number of aromatic nitrogens is 3. The Bertz CT molecular complexity index is 1710. The van der Waals surface area contributed by atoms with Gasteiger partial charge in [0.2, 0.25) is 5.43 Å². The number of anilines is 1.